The van der Waals surface area contributed by atoms with Crippen LogP contribution in [0.15, 0.2) is 48.8 Å². The van der Waals surface area contributed by atoms with E-state index >= 15 is 0 Å². The highest BCUT2D eigenvalue weighted by molar-refractivity contribution is 5.82. The Morgan fingerprint density at radius 1 is 1.10 bits per heavy atom. The van der Waals surface area contributed by atoms with Gasteiger partial charge in [0.25, 0.3) is 0 Å². The Bertz CT molecular complexity index is 830. The van der Waals surface area contributed by atoms with E-state index in [-0.39, 0.29) is 24.4 Å². The van der Waals surface area contributed by atoms with Crippen molar-refractivity contribution in [3.63, 3.8) is 0 Å². The van der Waals surface area contributed by atoms with Crippen LogP contribution in [-0.4, -0.2) is 29.7 Å². The van der Waals surface area contributed by atoms with Gasteiger partial charge in [-0.25, -0.2) is 0 Å². The lowest BCUT2D eigenvalue weighted by Crippen LogP contribution is -2.49. The van der Waals surface area contributed by atoms with Crippen molar-refractivity contribution in [2.24, 2.45) is 5.92 Å². The Balaban J connectivity index is 2.28. The molecule has 0 aliphatic heterocycles. The Kier molecular flexibility index (Phi) is 7.74. The molecule has 29 heavy (non-hydrogen) atoms. The molecule has 2 atom stereocenters. The zero-order chi connectivity index (χ0) is 21.4. The Morgan fingerprint density at radius 3 is 2.21 bits per heavy atom. The summed E-state index contributed by atoms with van der Waals surface area (Å²) in [6.45, 7) is 3.38. The zero-order valence-electron chi connectivity index (χ0n) is 16.2. The predicted molar refractivity (Wildman–Crippen MR) is 103 cm³/mol. The van der Waals surface area contributed by atoms with Gasteiger partial charge in [-0.05, 0) is 41.2 Å². The third kappa shape index (κ3) is 6.57. The molecule has 0 aliphatic carbocycles. The third-order valence-corrected chi connectivity index (χ3v) is 4.32. The molecule has 0 fully saturated rings. The maximum absolute atomic E-state index is 13.8. The lowest BCUT2D eigenvalue weighted by Gasteiger charge is -2.28. The number of aromatic nitrogens is 1. The minimum absolute atomic E-state index is 0.0108. The minimum atomic E-state index is -4.59. The number of halogens is 3. The van der Waals surface area contributed by atoms with Crippen LogP contribution < -0.4 is 10.6 Å². The van der Waals surface area contributed by atoms with Crippen LogP contribution >= 0.6 is 0 Å². The van der Waals surface area contributed by atoms with Crippen LogP contribution in [0.2, 0.25) is 0 Å². The molecule has 2 N–H and O–H groups in total. The van der Waals surface area contributed by atoms with Crippen molar-refractivity contribution in [2.45, 2.75) is 38.5 Å². The molecular weight excluding hydrogens is 381 g/mol. The fraction of sp³-hybridized carbons (Fsp3) is 0.381. The second-order valence-corrected chi connectivity index (χ2v) is 7.06. The minimum Gasteiger partial charge on any atom is -0.342 e. The van der Waals surface area contributed by atoms with E-state index in [1.807, 2.05) is 13.8 Å². The van der Waals surface area contributed by atoms with Crippen LogP contribution in [0.4, 0.5) is 13.2 Å². The number of nitrogens with one attached hydrogen (secondary N) is 2. The molecule has 0 unspecified atom stereocenters. The maximum atomic E-state index is 13.8. The van der Waals surface area contributed by atoms with Gasteiger partial charge in [0.05, 0.1) is 12.1 Å². The van der Waals surface area contributed by atoms with Crippen LogP contribution in [0.1, 0.15) is 31.9 Å². The number of alkyl halides is 3. The van der Waals surface area contributed by atoms with Gasteiger partial charge in [0.1, 0.15) is 12.6 Å². The van der Waals surface area contributed by atoms with Gasteiger partial charge >= 0.3 is 6.18 Å². The summed E-state index contributed by atoms with van der Waals surface area (Å²) in [7, 11) is 0. The molecule has 0 saturated carbocycles. The number of nitriles is 1. The third-order valence-electron chi connectivity index (χ3n) is 4.32. The molecule has 5 nitrogen and oxygen atoms in total. The van der Waals surface area contributed by atoms with Crippen molar-refractivity contribution in [2.75, 3.05) is 6.54 Å². The number of carbonyl (C=O) groups is 1. The molecule has 0 saturated heterocycles. The molecule has 0 aliphatic rings. The largest absolute Gasteiger partial charge is 0.407 e. The summed E-state index contributed by atoms with van der Waals surface area (Å²) in [5.41, 5.74) is 1.62. The van der Waals surface area contributed by atoms with Gasteiger partial charge in [-0.15, -0.1) is 0 Å². The molecule has 0 bridgehead atoms. The number of carbonyl (C=O) groups excluding carboxylic acids is 1. The van der Waals surface area contributed by atoms with Gasteiger partial charge in [-0.2, -0.15) is 18.4 Å². The molecular formula is C21H23F3N4O. The van der Waals surface area contributed by atoms with Crippen molar-refractivity contribution in [1.82, 2.24) is 15.6 Å². The van der Waals surface area contributed by atoms with Gasteiger partial charge in [0, 0.05) is 12.4 Å². The van der Waals surface area contributed by atoms with Crippen LogP contribution in [0, 0.1) is 17.2 Å². The first kappa shape index (κ1) is 22.4. The molecule has 0 spiro atoms. The zero-order valence-corrected chi connectivity index (χ0v) is 16.2. The Hall–Kier alpha value is -2.92. The number of benzene rings is 1. The van der Waals surface area contributed by atoms with Gasteiger partial charge in [0.2, 0.25) is 5.91 Å². The quantitative estimate of drug-likeness (QED) is 0.652. The summed E-state index contributed by atoms with van der Waals surface area (Å²) >= 11 is 0. The number of pyridine rings is 1. The fourth-order valence-electron chi connectivity index (χ4n) is 2.97. The smallest absolute Gasteiger partial charge is 0.342 e. The molecule has 2 rings (SSSR count). The summed E-state index contributed by atoms with van der Waals surface area (Å²) < 4.78 is 41.4. The monoisotopic (exact) mass is 404 g/mol. The Morgan fingerprint density at radius 2 is 1.69 bits per heavy atom. The first-order valence-corrected chi connectivity index (χ1v) is 9.20. The average Bonchev–Trinajstić information content (AvgIpc) is 2.69. The van der Waals surface area contributed by atoms with E-state index in [2.05, 4.69) is 15.6 Å². The first-order chi connectivity index (χ1) is 13.7. The molecule has 8 heteroatoms. The van der Waals surface area contributed by atoms with E-state index in [0.717, 1.165) is 11.1 Å². The summed E-state index contributed by atoms with van der Waals surface area (Å²) in [6.07, 6.45) is -1.17. The normalized spacial score (nSPS) is 13.6. The molecule has 1 aromatic carbocycles. The van der Waals surface area contributed by atoms with Crippen molar-refractivity contribution < 1.29 is 18.0 Å². The van der Waals surface area contributed by atoms with E-state index in [1.54, 1.807) is 42.7 Å². The molecule has 1 aromatic heterocycles. The van der Waals surface area contributed by atoms with Gasteiger partial charge in [0.15, 0.2) is 0 Å². The standard InChI is InChI=1S/C21H23F3N4O/c1-14(2)13-18(20(29)27-12-9-25)28-19(21(22,23)24)17-5-3-15(4-6-17)16-7-10-26-11-8-16/h3-8,10-11,14,18-19,28H,12-13H2,1-2H3,(H,27,29)/t18-,19+/m0/s1. The van der Waals surface area contributed by atoms with E-state index in [4.69, 9.17) is 5.26 Å². The lowest BCUT2D eigenvalue weighted by molar-refractivity contribution is -0.161. The summed E-state index contributed by atoms with van der Waals surface area (Å²) in [4.78, 5) is 16.2. The van der Waals surface area contributed by atoms with Gasteiger partial charge in [-0.1, -0.05) is 38.1 Å². The number of amides is 1. The average molecular weight is 404 g/mol. The summed E-state index contributed by atoms with van der Waals surface area (Å²) in [5, 5.41) is 13.4. The van der Waals surface area contributed by atoms with Crippen LogP contribution in [0.3, 0.4) is 0 Å². The van der Waals surface area contributed by atoms with Crippen molar-refractivity contribution in [1.29, 1.82) is 5.26 Å². The predicted octanol–water partition coefficient (Wildman–Crippen LogP) is 4.00. The molecule has 2 aromatic rings. The van der Waals surface area contributed by atoms with E-state index < -0.39 is 24.2 Å². The molecule has 1 heterocycles. The lowest BCUT2D eigenvalue weighted by atomic mass is 9.98. The highest BCUT2D eigenvalue weighted by atomic mass is 19.4. The van der Waals surface area contributed by atoms with Crippen molar-refractivity contribution >= 4 is 5.91 Å². The van der Waals surface area contributed by atoms with E-state index in [0.29, 0.717) is 0 Å². The topological polar surface area (TPSA) is 77.8 Å². The second kappa shape index (κ2) is 10.0. The van der Waals surface area contributed by atoms with Gasteiger partial charge < -0.3 is 5.32 Å². The molecule has 1 amide bonds. The highest BCUT2D eigenvalue weighted by Crippen LogP contribution is 2.34. The first-order valence-electron chi connectivity index (χ1n) is 9.20. The number of hydrogen-bond donors (Lipinski definition) is 2. The molecule has 154 valence electrons. The van der Waals surface area contributed by atoms with Crippen LogP contribution in [0.25, 0.3) is 11.1 Å². The van der Waals surface area contributed by atoms with Crippen LogP contribution in [0.5, 0.6) is 0 Å². The van der Waals surface area contributed by atoms with Gasteiger partial charge in [-0.3, -0.25) is 15.1 Å². The van der Waals surface area contributed by atoms with Crippen molar-refractivity contribution in [3.8, 4) is 17.2 Å². The molecule has 0 radical (unpaired) electrons. The van der Waals surface area contributed by atoms with E-state index in [1.165, 1.54) is 12.1 Å². The summed E-state index contributed by atoms with van der Waals surface area (Å²) in [5.74, 6) is -0.633. The number of hydrogen-bond acceptors (Lipinski definition) is 4. The number of nitrogens with zero attached hydrogens (tertiary/aromatic N) is 2. The second-order valence-electron chi connectivity index (χ2n) is 7.06. The fourth-order valence-corrected chi connectivity index (χ4v) is 2.97. The van der Waals surface area contributed by atoms with Crippen LogP contribution in [-0.2, 0) is 4.79 Å². The van der Waals surface area contributed by atoms with Crippen molar-refractivity contribution in [3.05, 3.63) is 54.4 Å². The van der Waals surface area contributed by atoms with E-state index in [9.17, 15) is 18.0 Å². The summed E-state index contributed by atoms with van der Waals surface area (Å²) in [6, 6.07) is 8.24. The maximum Gasteiger partial charge on any atom is 0.407 e. The highest BCUT2D eigenvalue weighted by Gasteiger charge is 2.42. The number of rotatable bonds is 8. The SMILES string of the molecule is CC(C)C[C@H](N[C@H](c1ccc(-c2ccncc2)cc1)C(F)(F)F)C(=O)NCC#N. The Labute approximate surface area is 168 Å².